The van der Waals surface area contributed by atoms with Gasteiger partial charge in [-0.1, -0.05) is 122 Å². The second-order valence-corrected chi connectivity index (χ2v) is 13.3. The fraction of sp³-hybridized carbons (Fsp3) is 0.912. The molecule has 44 heavy (non-hydrogen) atoms. The van der Waals surface area contributed by atoms with Gasteiger partial charge in [0, 0.05) is 13.0 Å². The average Bonchev–Trinajstić information content (AvgIpc) is 3.01. The number of hydrogen-bond acceptors (Lipinski definition) is 8. The lowest BCUT2D eigenvalue weighted by Crippen LogP contribution is -2.29. The summed E-state index contributed by atoms with van der Waals surface area (Å²) < 4.78 is 33.1. The third-order valence-corrected chi connectivity index (χ3v) is 8.40. The van der Waals surface area contributed by atoms with Crippen molar-refractivity contribution in [1.29, 1.82) is 0 Å². The van der Waals surface area contributed by atoms with Crippen LogP contribution in [0.5, 0.6) is 0 Å². The van der Waals surface area contributed by atoms with Gasteiger partial charge in [-0.05, 0) is 38.5 Å². The number of hydrogen-bond donors (Lipinski definition) is 3. The van der Waals surface area contributed by atoms with E-state index >= 15 is 0 Å². The smallest absolute Gasteiger partial charge is 0.457 e. The van der Waals surface area contributed by atoms with E-state index in [-0.39, 0.29) is 19.6 Å². The lowest BCUT2D eigenvalue weighted by molar-refractivity contribution is -0.154. The number of rotatable bonds is 34. The highest BCUT2D eigenvalue weighted by molar-refractivity contribution is 7.47. The van der Waals surface area contributed by atoms with Gasteiger partial charge in [0.15, 0.2) is 0 Å². The molecule has 3 unspecified atom stereocenters. The molecule has 0 spiro atoms. The first-order valence-corrected chi connectivity index (χ1v) is 19.2. The van der Waals surface area contributed by atoms with E-state index in [0.717, 1.165) is 57.8 Å². The number of phosphoric acid groups is 1. The Kier molecular flexibility index (Phi) is 31.6. The zero-order valence-electron chi connectivity index (χ0n) is 28.1. The summed E-state index contributed by atoms with van der Waals surface area (Å²) in [5, 5.41) is 18.2. The Balaban J connectivity index is 4.26. The van der Waals surface area contributed by atoms with Crippen LogP contribution in [-0.2, 0) is 27.9 Å². The zero-order valence-corrected chi connectivity index (χ0v) is 29.0. The molecule has 0 aromatic heterocycles. The summed E-state index contributed by atoms with van der Waals surface area (Å²) in [6.07, 6.45) is 27.4. The summed E-state index contributed by atoms with van der Waals surface area (Å²) in [6.45, 7) is 3.48. The molecule has 3 N–H and O–H groups in total. The number of aliphatic hydroxyl groups excluding tert-OH is 2. The van der Waals surface area contributed by atoms with Crippen LogP contribution in [0.2, 0.25) is 0 Å². The van der Waals surface area contributed by atoms with Crippen LogP contribution in [-0.4, -0.2) is 66.3 Å². The average molecular weight is 651 g/mol. The van der Waals surface area contributed by atoms with Crippen molar-refractivity contribution in [2.45, 2.75) is 167 Å². The van der Waals surface area contributed by atoms with Gasteiger partial charge in [-0.3, -0.25) is 13.8 Å². The van der Waals surface area contributed by atoms with E-state index in [2.05, 4.69) is 26.0 Å². The zero-order chi connectivity index (χ0) is 32.6. The molecule has 0 saturated carbocycles. The van der Waals surface area contributed by atoms with Gasteiger partial charge >= 0.3 is 13.8 Å². The van der Waals surface area contributed by atoms with Gasteiger partial charge in [0.05, 0.1) is 26.4 Å². The highest BCUT2D eigenvalue weighted by Crippen LogP contribution is 2.43. The van der Waals surface area contributed by atoms with Gasteiger partial charge in [-0.25, -0.2) is 4.57 Å². The highest BCUT2D eigenvalue weighted by Gasteiger charge is 2.26. The first-order valence-electron chi connectivity index (χ1n) is 17.7. The minimum Gasteiger partial charge on any atom is -0.457 e. The fourth-order valence-corrected chi connectivity index (χ4v) is 5.49. The Morgan fingerprint density at radius 3 is 1.70 bits per heavy atom. The molecule has 0 aliphatic heterocycles. The van der Waals surface area contributed by atoms with Gasteiger partial charge in [0.2, 0.25) is 0 Å². The van der Waals surface area contributed by atoms with Crippen LogP contribution in [0.4, 0.5) is 0 Å². The van der Waals surface area contributed by atoms with Gasteiger partial charge < -0.3 is 24.6 Å². The first-order chi connectivity index (χ1) is 21.3. The number of carbonyl (C=O) groups excluding carboxylic acids is 1. The van der Waals surface area contributed by atoms with Crippen LogP contribution in [0.15, 0.2) is 12.2 Å². The maximum absolute atomic E-state index is 12.5. The second-order valence-electron chi connectivity index (χ2n) is 11.9. The van der Waals surface area contributed by atoms with Crippen molar-refractivity contribution in [3.63, 3.8) is 0 Å². The molecule has 3 atom stereocenters. The monoisotopic (exact) mass is 650 g/mol. The molecule has 0 radical (unpaired) electrons. The first kappa shape index (κ1) is 43.2. The topological polar surface area (TPSA) is 132 Å². The van der Waals surface area contributed by atoms with E-state index in [1.165, 1.54) is 77.0 Å². The fourth-order valence-electron chi connectivity index (χ4n) is 4.70. The van der Waals surface area contributed by atoms with E-state index in [0.29, 0.717) is 6.61 Å². The molecule has 0 amide bonds. The molecular formula is C34H67O9P. The Labute approximate surface area is 269 Å². The summed E-state index contributed by atoms with van der Waals surface area (Å²) in [7, 11) is -4.50. The standard InChI is InChI=1S/C34H67O9P/c1-3-5-7-9-11-13-14-15-16-17-18-20-22-24-26-34(37)43-33(31-42-44(38,39)41-29-32(36)28-35)30-40-27-25-23-21-19-12-10-8-6-4-2/h14-15,32-33,35-36H,3-13,16-31H2,1-2H3,(H,38,39)/b15-14-. The van der Waals surface area contributed by atoms with Gasteiger partial charge in [-0.2, -0.15) is 0 Å². The number of unbranched alkanes of at least 4 members (excludes halogenated alkanes) is 18. The van der Waals surface area contributed by atoms with Gasteiger partial charge in [0.25, 0.3) is 0 Å². The Morgan fingerprint density at radius 1 is 0.682 bits per heavy atom. The van der Waals surface area contributed by atoms with Crippen LogP contribution in [0, 0.1) is 0 Å². The summed E-state index contributed by atoms with van der Waals surface area (Å²) in [5.74, 6) is -0.392. The molecule has 9 nitrogen and oxygen atoms in total. The van der Waals surface area contributed by atoms with Crippen LogP contribution in [0.25, 0.3) is 0 Å². The van der Waals surface area contributed by atoms with Crippen molar-refractivity contribution in [2.24, 2.45) is 0 Å². The van der Waals surface area contributed by atoms with Crippen molar-refractivity contribution >= 4 is 13.8 Å². The normalized spacial score (nSPS) is 14.6. The summed E-state index contributed by atoms with van der Waals surface area (Å²) in [5.41, 5.74) is 0. The maximum atomic E-state index is 12.5. The van der Waals surface area contributed by atoms with Crippen molar-refractivity contribution in [1.82, 2.24) is 0 Å². The summed E-state index contributed by atoms with van der Waals surface area (Å²) >= 11 is 0. The van der Waals surface area contributed by atoms with E-state index < -0.39 is 39.2 Å². The van der Waals surface area contributed by atoms with Gasteiger partial charge in [-0.15, -0.1) is 0 Å². The molecule has 262 valence electrons. The number of phosphoric ester groups is 1. The SMILES string of the molecule is CCCCCCC/C=C\CCCCCCCC(=O)OC(COCCCCCCCCCCC)COP(=O)(O)OCC(O)CO. The van der Waals surface area contributed by atoms with Gasteiger partial charge in [0.1, 0.15) is 12.2 Å². The molecule has 0 aliphatic rings. The molecule has 10 heteroatoms. The third-order valence-electron chi connectivity index (χ3n) is 7.45. The lowest BCUT2D eigenvalue weighted by Gasteiger charge is -2.20. The predicted molar refractivity (Wildman–Crippen MR) is 178 cm³/mol. The predicted octanol–water partition coefficient (Wildman–Crippen LogP) is 8.58. The molecule has 0 heterocycles. The third kappa shape index (κ3) is 31.2. The van der Waals surface area contributed by atoms with Crippen LogP contribution in [0.3, 0.4) is 0 Å². The molecule has 0 rings (SSSR count). The summed E-state index contributed by atoms with van der Waals surface area (Å²) in [4.78, 5) is 22.4. The van der Waals surface area contributed by atoms with Crippen molar-refractivity contribution < 1.29 is 43.0 Å². The lowest BCUT2D eigenvalue weighted by atomic mass is 10.1. The van der Waals surface area contributed by atoms with Crippen LogP contribution >= 0.6 is 7.82 Å². The molecule has 0 saturated heterocycles. The van der Waals surface area contributed by atoms with Crippen LogP contribution in [0.1, 0.15) is 155 Å². The number of carbonyl (C=O) groups is 1. The van der Waals surface area contributed by atoms with Crippen molar-refractivity contribution in [2.75, 3.05) is 33.0 Å². The molecule has 0 aromatic carbocycles. The van der Waals surface area contributed by atoms with Crippen molar-refractivity contribution in [3.8, 4) is 0 Å². The quantitative estimate of drug-likeness (QED) is 0.0271. The molecule has 0 bridgehead atoms. The van der Waals surface area contributed by atoms with E-state index in [4.69, 9.17) is 23.6 Å². The highest BCUT2D eigenvalue weighted by atomic mass is 31.2. The molecule has 0 aromatic rings. The molecular weight excluding hydrogens is 583 g/mol. The minimum absolute atomic E-state index is 0.0499. The summed E-state index contributed by atoms with van der Waals surface area (Å²) in [6, 6.07) is 0. The molecule has 0 aliphatic carbocycles. The van der Waals surface area contributed by atoms with E-state index in [1.54, 1.807) is 0 Å². The number of aliphatic hydroxyl groups is 2. The number of esters is 1. The Bertz CT molecular complexity index is 704. The maximum Gasteiger partial charge on any atom is 0.472 e. The van der Waals surface area contributed by atoms with Crippen molar-refractivity contribution in [3.05, 3.63) is 12.2 Å². The number of ether oxygens (including phenoxy) is 2. The Hall–Kier alpha value is -0.800. The largest absolute Gasteiger partial charge is 0.472 e. The van der Waals surface area contributed by atoms with E-state index in [9.17, 15) is 19.4 Å². The minimum atomic E-state index is -4.50. The number of allylic oxidation sites excluding steroid dienone is 2. The Morgan fingerprint density at radius 2 is 1.16 bits per heavy atom. The molecule has 0 fully saturated rings. The van der Waals surface area contributed by atoms with Crippen LogP contribution < -0.4 is 0 Å². The van der Waals surface area contributed by atoms with E-state index in [1.807, 2.05) is 0 Å². The second kappa shape index (κ2) is 32.2.